The molecule has 1 N–H and O–H groups in total. The highest BCUT2D eigenvalue weighted by atomic mass is 16.4. The highest BCUT2D eigenvalue weighted by Gasteiger charge is 2.54. The molecule has 2 bridgehead atoms. The minimum absolute atomic E-state index is 0.0883. The summed E-state index contributed by atoms with van der Waals surface area (Å²) in [7, 11) is 0. The van der Waals surface area contributed by atoms with E-state index in [9.17, 15) is 19.5 Å². The fourth-order valence-corrected chi connectivity index (χ4v) is 4.27. The molecule has 3 aliphatic rings. The molecule has 6 nitrogen and oxygen atoms in total. The van der Waals surface area contributed by atoms with Crippen molar-refractivity contribution in [1.82, 2.24) is 5.01 Å². The second kappa shape index (κ2) is 5.47. The first-order valence-electron chi connectivity index (χ1n) is 8.18. The van der Waals surface area contributed by atoms with Gasteiger partial charge >= 0.3 is 5.97 Å². The van der Waals surface area contributed by atoms with Crippen LogP contribution in [0.5, 0.6) is 0 Å². The van der Waals surface area contributed by atoms with Crippen molar-refractivity contribution in [3.8, 4) is 0 Å². The largest absolute Gasteiger partial charge is 0.481 e. The fraction of sp³-hybridized carbons (Fsp3) is 0.389. The number of anilines is 1. The Bertz CT molecular complexity index is 730. The van der Waals surface area contributed by atoms with Crippen LogP contribution in [0.3, 0.4) is 0 Å². The van der Waals surface area contributed by atoms with Gasteiger partial charge in [-0.2, -0.15) is 5.01 Å². The Kier molecular flexibility index (Phi) is 3.40. The molecule has 0 radical (unpaired) electrons. The number of amides is 2. The van der Waals surface area contributed by atoms with Gasteiger partial charge in [-0.15, -0.1) is 0 Å². The molecule has 1 aromatic carbocycles. The number of allylic oxidation sites excluding steroid dienone is 2. The van der Waals surface area contributed by atoms with Crippen molar-refractivity contribution in [2.75, 3.05) is 11.6 Å². The molecule has 6 heteroatoms. The summed E-state index contributed by atoms with van der Waals surface area (Å²) in [4.78, 5) is 37.1. The van der Waals surface area contributed by atoms with E-state index in [1.54, 1.807) is 5.01 Å². The molecule has 4 rings (SSSR count). The van der Waals surface area contributed by atoms with Gasteiger partial charge in [0.2, 0.25) is 5.91 Å². The molecule has 1 aromatic rings. The normalized spacial score (nSPS) is 31.1. The van der Waals surface area contributed by atoms with E-state index in [0.29, 0.717) is 13.0 Å². The van der Waals surface area contributed by atoms with Crippen LogP contribution >= 0.6 is 0 Å². The highest BCUT2D eigenvalue weighted by Crippen LogP contribution is 2.49. The maximum Gasteiger partial charge on any atom is 0.307 e. The average molecular weight is 326 g/mol. The number of fused-ring (bicyclic) bond motifs is 2. The number of carboxylic acid groups (broad SMARTS) is 1. The van der Waals surface area contributed by atoms with Gasteiger partial charge in [-0.1, -0.05) is 30.4 Å². The van der Waals surface area contributed by atoms with Crippen LogP contribution in [0.15, 0.2) is 42.5 Å². The van der Waals surface area contributed by atoms with Crippen LogP contribution in [-0.4, -0.2) is 34.4 Å². The monoisotopic (exact) mass is 326 g/mol. The lowest BCUT2D eigenvalue weighted by molar-refractivity contribution is -0.154. The minimum atomic E-state index is -0.955. The topological polar surface area (TPSA) is 77.9 Å². The Labute approximate surface area is 139 Å². The van der Waals surface area contributed by atoms with Gasteiger partial charge in [0, 0.05) is 13.0 Å². The van der Waals surface area contributed by atoms with Crippen molar-refractivity contribution < 1.29 is 19.5 Å². The van der Waals surface area contributed by atoms with Crippen LogP contribution in [0.1, 0.15) is 12.8 Å². The van der Waals surface area contributed by atoms with Gasteiger partial charge in [-0.3, -0.25) is 19.4 Å². The van der Waals surface area contributed by atoms with Crippen LogP contribution < -0.4 is 5.01 Å². The highest BCUT2D eigenvalue weighted by molar-refractivity contribution is 6.01. The van der Waals surface area contributed by atoms with E-state index >= 15 is 0 Å². The number of carbonyl (C=O) groups excluding carboxylic acids is 2. The molecule has 4 atom stereocenters. The van der Waals surface area contributed by atoms with Crippen molar-refractivity contribution in [1.29, 1.82) is 0 Å². The molecule has 1 aliphatic heterocycles. The van der Waals surface area contributed by atoms with Gasteiger partial charge in [0.1, 0.15) is 0 Å². The first-order chi connectivity index (χ1) is 11.6. The summed E-state index contributed by atoms with van der Waals surface area (Å²) in [5.41, 5.74) is 0.766. The first kappa shape index (κ1) is 14.9. The molecule has 124 valence electrons. The van der Waals surface area contributed by atoms with E-state index in [0.717, 1.165) is 5.69 Å². The summed E-state index contributed by atoms with van der Waals surface area (Å²) in [6, 6.07) is 9.25. The summed E-state index contributed by atoms with van der Waals surface area (Å²) in [5.74, 6) is -3.20. The molecule has 2 fully saturated rings. The molecule has 2 amide bonds. The molecular weight excluding hydrogens is 308 g/mol. The third-order valence-corrected chi connectivity index (χ3v) is 5.31. The number of aliphatic carboxylic acids is 1. The molecule has 0 spiro atoms. The lowest BCUT2D eigenvalue weighted by atomic mass is 9.82. The predicted molar refractivity (Wildman–Crippen MR) is 85.6 cm³/mol. The van der Waals surface area contributed by atoms with Crippen molar-refractivity contribution in [3.05, 3.63) is 42.5 Å². The summed E-state index contributed by atoms with van der Waals surface area (Å²) in [6.07, 6.45) is 4.77. The van der Waals surface area contributed by atoms with Crippen molar-refractivity contribution in [2.24, 2.45) is 23.7 Å². The van der Waals surface area contributed by atoms with Crippen molar-refractivity contribution in [3.63, 3.8) is 0 Å². The minimum Gasteiger partial charge on any atom is -0.481 e. The molecule has 0 aromatic heterocycles. The molecule has 1 saturated heterocycles. The zero-order valence-corrected chi connectivity index (χ0v) is 13.0. The van der Waals surface area contributed by atoms with E-state index in [4.69, 9.17) is 0 Å². The maximum atomic E-state index is 13.1. The summed E-state index contributed by atoms with van der Waals surface area (Å²) < 4.78 is 0. The third kappa shape index (κ3) is 2.13. The van der Waals surface area contributed by atoms with E-state index in [2.05, 4.69) is 0 Å². The second-order valence-corrected chi connectivity index (χ2v) is 6.59. The Morgan fingerprint density at radius 3 is 2.38 bits per heavy atom. The second-order valence-electron chi connectivity index (χ2n) is 6.59. The predicted octanol–water partition coefficient (Wildman–Crippen LogP) is 1.69. The number of nitrogens with zero attached hydrogens (tertiary/aromatic N) is 2. The zero-order valence-electron chi connectivity index (χ0n) is 13.0. The van der Waals surface area contributed by atoms with Crippen molar-refractivity contribution >= 4 is 23.5 Å². The van der Waals surface area contributed by atoms with Gasteiger partial charge in [0.15, 0.2) is 0 Å². The van der Waals surface area contributed by atoms with E-state index in [1.807, 2.05) is 42.5 Å². The maximum absolute atomic E-state index is 13.1. The number of para-hydroxylation sites is 1. The summed E-state index contributed by atoms with van der Waals surface area (Å²) in [5, 5.41) is 12.4. The lowest BCUT2D eigenvalue weighted by Gasteiger charge is -2.33. The van der Waals surface area contributed by atoms with Gasteiger partial charge < -0.3 is 5.11 Å². The van der Waals surface area contributed by atoms with E-state index in [1.165, 1.54) is 5.01 Å². The smallest absolute Gasteiger partial charge is 0.307 e. The van der Waals surface area contributed by atoms with Gasteiger partial charge in [0.05, 0.1) is 17.5 Å². The van der Waals surface area contributed by atoms with Crippen LogP contribution in [0, 0.1) is 23.7 Å². The number of hydrogen-bond acceptors (Lipinski definition) is 4. The summed E-state index contributed by atoms with van der Waals surface area (Å²) >= 11 is 0. The molecule has 24 heavy (non-hydrogen) atoms. The molecule has 1 saturated carbocycles. The average Bonchev–Trinajstić information content (AvgIpc) is 3.28. The SMILES string of the molecule is O=C(O)[C@H]1[C@@H](C(=O)N2C(=O)CCN2c2ccccc2)[C@H]2C=C[C@H]1C2. The quantitative estimate of drug-likeness (QED) is 0.675. The Morgan fingerprint density at radius 2 is 1.71 bits per heavy atom. The zero-order chi connectivity index (χ0) is 16.8. The van der Waals surface area contributed by atoms with Gasteiger partial charge in [-0.25, -0.2) is 0 Å². The fourth-order valence-electron chi connectivity index (χ4n) is 4.27. The summed E-state index contributed by atoms with van der Waals surface area (Å²) in [6.45, 7) is 0.434. The standard InChI is InChI=1S/C18H18N2O4/c21-14-8-9-19(13-4-2-1-3-5-13)20(14)17(22)15-11-6-7-12(10-11)16(15)18(23)24/h1-7,11-12,15-16H,8-10H2,(H,23,24)/t11-,12-,15-,16+/m0/s1. The number of hydrogen-bond donors (Lipinski definition) is 1. The lowest BCUT2D eigenvalue weighted by Crippen LogP contribution is -2.50. The van der Waals surface area contributed by atoms with Crippen LogP contribution in [0.2, 0.25) is 0 Å². The number of carboxylic acids is 1. The van der Waals surface area contributed by atoms with E-state index < -0.39 is 17.8 Å². The number of benzene rings is 1. The van der Waals surface area contributed by atoms with Crippen molar-refractivity contribution in [2.45, 2.75) is 12.8 Å². The van der Waals surface area contributed by atoms with Crippen LogP contribution in [0.4, 0.5) is 5.69 Å². The number of hydrazine groups is 1. The first-order valence-corrected chi connectivity index (χ1v) is 8.18. The third-order valence-electron chi connectivity index (χ3n) is 5.31. The number of rotatable bonds is 3. The molecule has 0 unspecified atom stereocenters. The Morgan fingerprint density at radius 1 is 1.04 bits per heavy atom. The molecule has 2 aliphatic carbocycles. The number of imide groups is 1. The molecular formula is C18H18N2O4. The van der Waals surface area contributed by atoms with Gasteiger partial charge in [-0.05, 0) is 30.4 Å². The Balaban J connectivity index is 1.66. The van der Waals surface area contributed by atoms with Crippen LogP contribution in [-0.2, 0) is 14.4 Å². The molecule has 1 heterocycles. The van der Waals surface area contributed by atoms with Crippen LogP contribution in [0.25, 0.3) is 0 Å². The van der Waals surface area contributed by atoms with E-state index in [-0.39, 0.29) is 30.1 Å². The number of carbonyl (C=O) groups is 3. The van der Waals surface area contributed by atoms with Gasteiger partial charge in [0.25, 0.3) is 5.91 Å². The Hall–Kier alpha value is -2.63.